The molecule has 0 aliphatic rings. The molecular formula is C29H29F2N3O4. The topological polar surface area (TPSA) is 105 Å². The highest BCUT2D eigenvalue weighted by atomic mass is 19.1. The molecule has 0 bridgehead atoms. The van der Waals surface area contributed by atoms with E-state index in [0.29, 0.717) is 16.8 Å². The van der Waals surface area contributed by atoms with Gasteiger partial charge in [-0.1, -0.05) is 0 Å². The first kappa shape index (κ1) is 27.1. The zero-order valence-corrected chi connectivity index (χ0v) is 21.8. The van der Waals surface area contributed by atoms with E-state index < -0.39 is 28.7 Å². The summed E-state index contributed by atoms with van der Waals surface area (Å²) in [5.74, 6) is -1.34. The van der Waals surface area contributed by atoms with Crippen molar-refractivity contribution in [2.24, 2.45) is 0 Å². The predicted molar refractivity (Wildman–Crippen MR) is 140 cm³/mol. The van der Waals surface area contributed by atoms with Crippen LogP contribution in [0.4, 0.5) is 8.78 Å². The molecule has 0 aliphatic carbocycles. The van der Waals surface area contributed by atoms with Crippen molar-refractivity contribution in [1.82, 2.24) is 15.3 Å². The molecule has 9 heteroatoms. The molecule has 1 amide bonds. The van der Waals surface area contributed by atoms with Crippen LogP contribution in [-0.2, 0) is 11.2 Å². The maximum Gasteiger partial charge on any atom is 0.251 e. The Morgan fingerprint density at radius 1 is 1.05 bits per heavy atom. The van der Waals surface area contributed by atoms with Crippen LogP contribution in [-0.4, -0.2) is 39.7 Å². The molecule has 3 N–H and O–H groups in total. The average molecular weight is 522 g/mol. The lowest BCUT2D eigenvalue weighted by molar-refractivity contribution is 0.0469. The fourth-order valence-corrected chi connectivity index (χ4v) is 4.11. The zero-order valence-electron chi connectivity index (χ0n) is 21.8. The van der Waals surface area contributed by atoms with Crippen molar-refractivity contribution in [3.05, 3.63) is 88.7 Å². The normalized spacial score (nSPS) is 13.3. The van der Waals surface area contributed by atoms with E-state index in [1.807, 2.05) is 13.0 Å². The lowest BCUT2D eigenvalue weighted by Gasteiger charge is -2.27. The number of nitrogens with one attached hydrogen (secondary N) is 1. The summed E-state index contributed by atoms with van der Waals surface area (Å²) in [6.45, 7) is 5.85. The minimum atomic E-state index is -1.75. The van der Waals surface area contributed by atoms with E-state index in [1.165, 1.54) is 58.2 Å². The molecule has 1 atom stereocenters. The molecule has 2 aromatic heterocycles. The van der Waals surface area contributed by atoms with Crippen LogP contribution < -0.4 is 10.1 Å². The largest absolute Gasteiger partial charge is 0.494 e. The van der Waals surface area contributed by atoms with E-state index in [2.05, 4.69) is 15.3 Å². The molecule has 0 saturated heterocycles. The molecule has 0 aliphatic heterocycles. The third-order valence-electron chi connectivity index (χ3n) is 6.25. The van der Waals surface area contributed by atoms with Gasteiger partial charge in [-0.15, -0.1) is 0 Å². The van der Waals surface area contributed by atoms with Crippen molar-refractivity contribution in [2.75, 3.05) is 13.7 Å². The molecule has 0 saturated carbocycles. The fraction of sp³-hybridized carbons (Fsp3) is 0.276. The summed E-state index contributed by atoms with van der Waals surface area (Å²) >= 11 is 0. The van der Waals surface area contributed by atoms with Crippen LogP contribution >= 0.6 is 0 Å². The number of hydrogen-bond acceptors (Lipinski definition) is 6. The second-order valence-electron chi connectivity index (χ2n) is 10.0. The van der Waals surface area contributed by atoms with Gasteiger partial charge >= 0.3 is 0 Å². The van der Waals surface area contributed by atoms with E-state index in [9.17, 15) is 19.4 Å². The first-order valence-electron chi connectivity index (χ1n) is 11.9. The summed E-state index contributed by atoms with van der Waals surface area (Å²) < 4.78 is 34.3. The Morgan fingerprint density at radius 3 is 2.37 bits per heavy atom. The molecule has 0 radical (unpaired) electrons. The minimum Gasteiger partial charge on any atom is -0.494 e. The number of methoxy groups -OCH3 is 1. The van der Waals surface area contributed by atoms with Crippen LogP contribution in [0.25, 0.3) is 22.2 Å². The number of aryl methyl sites for hydroxylation is 1. The molecule has 0 fully saturated rings. The van der Waals surface area contributed by atoms with Crippen molar-refractivity contribution >= 4 is 16.8 Å². The number of aliphatic hydroxyl groups is 2. The van der Waals surface area contributed by atoms with Gasteiger partial charge in [-0.25, -0.2) is 13.8 Å². The Hall–Kier alpha value is -3.95. The molecule has 2 heterocycles. The molecular weight excluding hydrogens is 492 g/mol. The molecule has 198 valence electrons. The van der Waals surface area contributed by atoms with Gasteiger partial charge in [0.05, 0.1) is 24.9 Å². The van der Waals surface area contributed by atoms with Crippen LogP contribution in [0.5, 0.6) is 5.75 Å². The maximum atomic E-state index is 15.4. The van der Waals surface area contributed by atoms with Crippen molar-refractivity contribution in [3.63, 3.8) is 0 Å². The summed E-state index contributed by atoms with van der Waals surface area (Å²) in [5.41, 5.74) is -1.50. The van der Waals surface area contributed by atoms with Gasteiger partial charge < -0.3 is 20.3 Å². The van der Waals surface area contributed by atoms with Gasteiger partial charge in [0, 0.05) is 28.3 Å². The number of aromatic nitrogens is 2. The highest BCUT2D eigenvalue weighted by molar-refractivity contribution is 6.00. The van der Waals surface area contributed by atoms with Crippen molar-refractivity contribution in [1.29, 1.82) is 0 Å². The van der Waals surface area contributed by atoms with Gasteiger partial charge in [0.1, 0.15) is 28.4 Å². The van der Waals surface area contributed by atoms with Crippen LogP contribution in [0, 0.1) is 18.6 Å². The van der Waals surface area contributed by atoms with Gasteiger partial charge in [0.15, 0.2) is 5.82 Å². The Morgan fingerprint density at radius 2 is 1.74 bits per heavy atom. The molecule has 7 nitrogen and oxygen atoms in total. The number of fused-ring (bicyclic) bond motifs is 1. The SMILES string of the molecule is COc1cc(C(=O)NCC(C)(O)c2cc(C(C)(C)O)c(F)c(-c3ccc(F)cc3)n2)cc2cc(C)cnc12. The Labute approximate surface area is 219 Å². The highest BCUT2D eigenvalue weighted by Crippen LogP contribution is 2.33. The fourth-order valence-electron chi connectivity index (χ4n) is 4.11. The third-order valence-corrected chi connectivity index (χ3v) is 6.25. The molecule has 4 aromatic rings. The summed E-state index contributed by atoms with van der Waals surface area (Å²) in [5, 5.41) is 25.3. The van der Waals surface area contributed by atoms with E-state index in [4.69, 9.17) is 4.74 Å². The Balaban J connectivity index is 1.67. The van der Waals surface area contributed by atoms with Crippen molar-refractivity contribution < 1.29 is 28.5 Å². The second kappa shape index (κ2) is 10.1. The number of pyridine rings is 2. The number of rotatable bonds is 7. The van der Waals surface area contributed by atoms with Gasteiger partial charge in [0.2, 0.25) is 0 Å². The number of carbonyl (C=O) groups is 1. The lowest BCUT2D eigenvalue weighted by Crippen LogP contribution is -2.39. The standard InChI is InChI=1S/C29H29F2N3O4/c1-16-10-18-11-19(12-22(38-5)25(18)32-14-16)27(35)33-15-29(4,37)23-13-21(28(2,3)36)24(31)26(34-23)17-6-8-20(30)9-7-17/h6-14,36-37H,15H2,1-5H3,(H,33,35). The Kier molecular flexibility index (Phi) is 7.18. The van der Waals surface area contributed by atoms with E-state index >= 15 is 4.39 Å². The maximum absolute atomic E-state index is 15.4. The quantitative estimate of drug-likeness (QED) is 0.324. The highest BCUT2D eigenvalue weighted by Gasteiger charge is 2.32. The first-order chi connectivity index (χ1) is 17.8. The van der Waals surface area contributed by atoms with E-state index in [0.717, 1.165) is 10.9 Å². The van der Waals surface area contributed by atoms with Gasteiger partial charge in [-0.2, -0.15) is 0 Å². The summed E-state index contributed by atoms with van der Waals surface area (Å²) in [7, 11) is 1.49. The molecule has 1 unspecified atom stereocenters. The minimum absolute atomic E-state index is 0.0200. The number of halogens is 2. The third kappa shape index (κ3) is 5.49. The van der Waals surface area contributed by atoms with Crippen LogP contribution in [0.2, 0.25) is 0 Å². The van der Waals surface area contributed by atoms with Crippen LogP contribution in [0.3, 0.4) is 0 Å². The Bertz CT molecular complexity index is 1510. The lowest BCUT2D eigenvalue weighted by atomic mass is 9.91. The van der Waals surface area contributed by atoms with Crippen molar-refractivity contribution in [3.8, 4) is 17.0 Å². The van der Waals surface area contributed by atoms with Crippen LogP contribution in [0.1, 0.15) is 48.0 Å². The molecule has 38 heavy (non-hydrogen) atoms. The number of hydrogen-bond donors (Lipinski definition) is 3. The zero-order chi connectivity index (χ0) is 27.8. The van der Waals surface area contributed by atoms with Gasteiger partial charge in [-0.05, 0) is 81.8 Å². The average Bonchev–Trinajstić information content (AvgIpc) is 2.86. The van der Waals surface area contributed by atoms with Crippen LogP contribution in [0.15, 0.2) is 54.7 Å². The molecule has 2 aromatic carbocycles. The molecule has 4 rings (SSSR count). The number of nitrogens with zero attached hydrogens (tertiary/aromatic N) is 2. The monoisotopic (exact) mass is 521 g/mol. The second-order valence-corrected chi connectivity index (χ2v) is 10.0. The number of carbonyl (C=O) groups excluding carboxylic acids is 1. The number of ether oxygens (including phenoxy) is 1. The smallest absolute Gasteiger partial charge is 0.251 e. The summed E-state index contributed by atoms with van der Waals surface area (Å²) in [6.07, 6.45) is 1.71. The first-order valence-corrected chi connectivity index (χ1v) is 11.9. The summed E-state index contributed by atoms with van der Waals surface area (Å²) in [4.78, 5) is 21.7. The number of benzene rings is 2. The van der Waals surface area contributed by atoms with Gasteiger partial charge in [-0.3, -0.25) is 9.78 Å². The van der Waals surface area contributed by atoms with E-state index in [1.54, 1.807) is 18.3 Å². The van der Waals surface area contributed by atoms with E-state index in [-0.39, 0.29) is 29.1 Å². The number of amides is 1. The van der Waals surface area contributed by atoms with Gasteiger partial charge in [0.25, 0.3) is 5.91 Å². The predicted octanol–water partition coefficient (Wildman–Crippen LogP) is 4.76. The summed E-state index contributed by atoms with van der Waals surface area (Å²) in [6, 6.07) is 11.4. The van der Waals surface area contributed by atoms with Crippen molar-refractivity contribution in [2.45, 2.75) is 38.9 Å². The molecule has 0 spiro atoms.